The molecule has 0 radical (unpaired) electrons. The van der Waals surface area contributed by atoms with Gasteiger partial charge in [0.1, 0.15) is 0 Å². The first-order chi connectivity index (χ1) is 6.41. The van der Waals surface area contributed by atoms with Gasteiger partial charge in [0.25, 0.3) is 0 Å². The Morgan fingerprint density at radius 2 is 2.07 bits per heavy atom. The lowest BCUT2D eigenvalue weighted by Crippen LogP contribution is -2.50. The van der Waals surface area contributed by atoms with E-state index in [1.165, 1.54) is 0 Å². The smallest absolute Gasteiger partial charge is 0.312 e. The van der Waals surface area contributed by atoms with Crippen molar-refractivity contribution < 1.29 is 15.0 Å². The number of aliphatic hydroxyl groups is 1. The Morgan fingerprint density at radius 1 is 1.50 bits per heavy atom. The second-order valence-electron chi connectivity index (χ2n) is 4.90. The molecule has 3 nitrogen and oxygen atoms in total. The van der Waals surface area contributed by atoms with Crippen LogP contribution in [0.25, 0.3) is 0 Å². The molecular formula is C11H20O3. The van der Waals surface area contributed by atoms with Crippen molar-refractivity contribution in [2.24, 2.45) is 17.3 Å². The third kappa shape index (κ3) is 1.65. The van der Waals surface area contributed by atoms with Crippen LogP contribution in [-0.4, -0.2) is 22.3 Å². The molecular weight excluding hydrogens is 180 g/mol. The van der Waals surface area contributed by atoms with Crippen molar-refractivity contribution >= 4 is 5.97 Å². The molecule has 1 rings (SSSR count). The van der Waals surface area contributed by atoms with Crippen LogP contribution in [0.5, 0.6) is 0 Å². The van der Waals surface area contributed by atoms with E-state index in [0.29, 0.717) is 18.8 Å². The maximum atomic E-state index is 11.3. The molecule has 2 N–H and O–H groups in total. The number of carboxylic acids is 1. The average Bonchev–Trinajstić information content (AvgIpc) is 2.02. The van der Waals surface area contributed by atoms with Crippen LogP contribution in [0.4, 0.5) is 0 Å². The molecule has 82 valence electrons. The van der Waals surface area contributed by atoms with Gasteiger partial charge in [0.2, 0.25) is 0 Å². The van der Waals surface area contributed by atoms with Crippen molar-refractivity contribution in [3.8, 4) is 0 Å². The first-order valence-corrected chi connectivity index (χ1v) is 5.32. The van der Waals surface area contributed by atoms with Crippen LogP contribution in [0.2, 0.25) is 0 Å². The van der Waals surface area contributed by atoms with Gasteiger partial charge in [0.05, 0.1) is 11.5 Å². The van der Waals surface area contributed by atoms with Crippen LogP contribution in [0.3, 0.4) is 0 Å². The van der Waals surface area contributed by atoms with Gasteiger partial charge in [-0.05, 0) is 31.1 Å². The Hall–Kier alpha value is -0.570. The number of hydrogen-bond donors (Lipinski definition) is 2. The molecule has 0 spiro atoms. The molecule has 0 aromatic rings. The summed E-state index contributed by atoms with van der Waals surface area (Å²) in [5.41, 5.74) is -0.910. The minimum absolute atomic E-state index is 0.0116. The van der Waals surface area contributed by atoms with Crippen LogP contribution in [0.1, 0.15) is 40.0 Å². The SMILES string of the molecule is CC1CCC(C(=O)O)(C(C)C)C(O)C1. The Balaban J connectivity index is 2.93. The van der Waals surface area contributed by atoms with E-state index in [4.69, 9.17) is 0 Å². The van der Waals surface area contributed by atoms with Gasteiger partial charge in [-0.25, -0.2) is 0 Å². The van der Waals surface area contributed by atoms with Crippen molar-refractivity contribution in [3.05, 3.63) is 0 Å². The average molecular weight is 200 g/mol. The van der Waals surface area contributed by atoms with Crippen LogP contribution in [0.15, 0.2) is 0 Å². The zero-order valence-electron chi connectivity index (χ0n) is 9.16. The number of carbonyl (C=O) groups is 1. The van der Waals surface area contributed by atoms with Crippen molar-refractivity contribution in [1.29, 1.82) is 0 Å². The third-order valence-electron chi connectivity index (χ3n) is 3.70. The predicted molar refractivity (Wildman–Crippen MR) is 53.9 cm³/mol. The molecule has 14 heavy (non-hydrogen) atoms. The number of rotatable bonds is 2. The van der Waals surface area contributed by atoms with Gasteiger partial charge in [-0.2, -0.15) is 0 Å². The summed E-state index contributed by atoms with van der Waals surface area (Å²) < 4.78 is 0. The normalized spacial score (nSPS) is 38.6. The van der Waals surface area contributed by atoms with E-state index < -0.39 is 17.5 Å². The summed E-state index contributed by atoms with van der Waals surface area (Å²) in [7, 11) is 0. The van der Waals surface area contributed by atoms with E-state index >= 15 is 0 Å². The topological polar surface area (TPSA) is 57.5 Å². The van der Waals surface area contributed by atoms with Gasteiger partial charge in [0.15, 0.2) is 0 Å². The molecule has 1 fully saturated rings. The second-order valence-corrected chi connectivity index (χ2v) is 4.90. The summed E-state index contributed by atoms with van der Waals surface area (Å²) in [6.45, 7) is 5.83. The van der Waals surface area contributed by atoms with E-state index in [1.54, 1.807) is 0 Å². The highest BCUT2D eigenvalue weighted by Crippen LogP contribution is 2.44. The zero-order chi connectivity index (χ0) is 10.9. The van der Waals surface area contributed by atoms with Gasteiger partial charge < -0.3 is 10.2 Å². The molecule has 1 saturated carbocycles. The van der Waals surface area contributed by atoms with E-state index in [-0.39, 0.29) is 5.92 Å². The Morgan fingerprint density at radius 3 is 2.43 bits per heavy atom. The monoisotopic (exact) mass is 200 g/mol. The molecule has 0 heterocycles. The summed E-state index contributed by atoms with van der Waals surface area (Å²) >= 11 is 0. The van der Waals surface area contributed by atoms with E-state index in [2.05, 4.69) is 6.92 Å². The van der Waals surface area contributed by atoms with Crippen molar-refractivity contribution in [3.63, 3.8) is 0 Å². The van der Waals surface area contributed by atoms with E-state index in [1.807, 2.05) is 13.8 Å². The summed E-state index contributed by atoms with van der Waals surface area (Å²) in [5.74, 6) is -0.411. The van der Waals surface area contributed by atoms with Crippen LogP contribution < -0.4 is 0 Å². The fourth-order valence-corrected chi connectivity index (χ4v) is 2.53. The first-order valence-electron chi connectivity index (χ1n) is 5.32. The molecule has 3 unspecified atom stereocenters. The van der Waals surface area contributed by atoms with Crippen molar-refractivity contribution in [2.45, 2.75) is 46.1 Å². The van der Waals surface area contributed by atoms with Gasteiger partial charge in [-0.3, -0.25) is 4.79 Å². The highest BCUT2D eigenvalue weighted by molar-refractivity contribution is 5.76. The van der Waals surface area contributed by atoms with Gasteiger partial charge in [-0.1, -0.05) is 20.8 Å². The fraction of sp³-hybridized carbons (Fsp3) is 0.909. The first kappa shape index (κ1) is 11.5. The molecule has 0 bridgehead atoms. The lowest BCUT2D eigenvalue weighted by Gasteiger charge is -2.43. The van der Waals surface area contributed by atoms with Crippen LogP contribution in [-0.2, 0) is 4.79 Å². The maximum absolute atomic E-state index is 11.3. The molecule has 0 saturated heterocycles. The molecule has 3 atom stereocenters. The minimum atomic E-state index is -0.910. The molecule has 3 heteroatoms. The molecule has 0 aromatic heterocycles. The summed E-state index contributed by atoms with van der Waals surface area (Å²) in [6.07, 6.45) is 1.43. The second kappa shape index (κ2) is 3.89. The van der Waals surface area contributed by atoms with E-state index in [0.717, 1.165) is 6.42 Å². The number of aliphatic hydroxyl groups excluding tert-OH is 1. The third-order valence-corrected chi connectivity index (χ3v) is 3.70. The quantitative estimate of drug-likeness (QED) is 0.715. The van der Waals surface area contributed by atoms with Crippen molar-refractivity contribution in [2.75, 3.05) is 0 Å². The fourth-order valence-electron chi connectivity index (χ4n) is 2.53. The minimum Gasteiger partial charge on any atom is -0.481 e. The van der Waals surface area contributed by atoms with Gasteiger partial charge >= 0.3 is 5.97 Å². The predicted octanol–water partition coefficient (Wildman–Crippen LogP) is 1.89. The Bertz CT molecular complexity index is 225. The number of aliphatic carboxylic acids is 1. The highest BCUT2D eigenvalue weighted by atomic mass is 16.4. The van der Waals surface area contributed by atoms with Gasteiger partial charge in [0, 0.05) is 0 Å². The number of hydrogen-bond acceptors (Lipinski definition) is 2. The summed E-state index contributed by atoms with van der Waals surface area (Å²) in [6, 6.07) is 0. The number of carboxylic acid groups (broad SMARTS) is 1. The molecule has 1 aliphatic carbocycles. The molecule has 1 aliphatic rings. The van der Waals surface area contributed by atoms with Gasteiger partial charge in [-0.15, -0.1) is 0 Å². The summed E-state index contributed by atoms with van der Waals surface area (Å²) in [5, 5.41) is 19.2. The molecule has 0 aromatic carbocycles. The summed E-state index contributed by atoms with van der Waals surface area (Å²) in [4.78, 5) is 11.3. The largest absolute Gasteiger partial charge is 0.481 e. The highest BCUT2D eigenvalue weighted by Gasteiger charge is 2.50. The van der Waals surface area contributed by atoms with Crippen molar-refractivity contribution in [1.82, 2.24) is 0 Å². The maximum Gasteiger partial charge on any atom is 0.312 e. The molecule has 0 aliphatic heterocycles. The van der Waals surface area contributed by atoms with Crippen LogP contribution in [0, 0.1) is 17.3 Å². The molecule has 0 amide bonds. The van der Waals surface area contributed by atoms with Crippen LogP contribution >= 0.6 is 0 Å². The standard InChI is InChI=1S/C11H20O3/c1-7(2)11(10(13)14)5-4-8(3)6-9(11)12/h7-9,12H,4-6H2,1-3H3,(H,13,14). The Labute approximate surface area is 85.1 Å². The zero-order valence-corrected chi connectivity index (χ0v) is 9.16. The Kier molecular flexibility index (Phi) is 3.20. The lowest BCUT2D eigenvalue weighted by atomic mass is 9.63. The lowest BCUT2D eigenvalue weighted by molar-refractivity contribution is -0.167. The van der Waals surface area contributed by atoms with E-state index in [9.17, 15) is 15.0 Å².